The van der Waals surface area contributed by atoms with E-state index in [-0.39, 0.29) is 6.04 Å². The van der Waals surface area contributed by atoms with Crippen molar-refractivity contribution in [3.8, 4) is 11.5 Å². The number of methoxy groups -OCH3 is 2. The van der Waals surface area contributed by atoms with Crippen molar-refractivity contribution in [1.82, 2.24) is 0 Å². The summed E-state index contributed by atoms with van der Waals surface area (Å²) in [5, 5.41) is 0. The topological polar surface area (TPSA) is 44.5 Å². The van der Waals surface area contributed by atoms with Crippen LogP contribution in [0, 0.1) is 0 Å². The molecule has 0 aliphatic heterocycles. The van der Waals surface area contributed by atoms with Gasteiger partial charge in [0.25, 0.3) is 0 Å². The van der Waals surface area contributed by atoms with E-state index in [0.717, 1.165) is 23.5 Å². The summed E-state index contributed by atoms with van der Waals surface area (Å²) in [4.78, 5) is 0. The average molecular weight is 269 g/mol. The van der Waals surface area contributed by atoms with E-state index < -0.39 is 0 Å². The quantitative estimate of drug-likeness (QED) is 0.927. The second-order valence-electron chi connectivity index (χ2n) is 5.15. The summed E-state index contributed by atoms with van der Waals surface area (Å²) in [6.07, 6.45) is 1.05. The van der Waals surface area contributed by atoms with Crippen LogP contribution in [0.15, 0.2) is 42.5 Å². The molecule has 20 heavy (non-hydrogen) atoms. The number of fused-ring (bicyclic) bond motifs is 1. The first-order chi connectivity index (χ1) is 9.74. The molecule has 104 valence electrons. The fourth-order valence-electron chi connectivity index (χ4n) is 2.91. The zero-order valence-electron chi connectivity index (χ0n) is 11.8. The first kappa shape index (κ1) is 13.0. The molecular formula is C17H19NO2. The normalized spacial score (nSPS) is 17.9. The van der Waals surface area contributed by atoms with Gasteiger partial charge in [-0.05, 0) is 35.2 Å². The Hall–Kier alpha value is -2.00. The standard InChI is InChI=1S/C17H19NO2/c1-19-15-8-7-12(10-16(15)20-2)17(18)14-9-11-5-3-4-6-13(11)14/h3-8,10,14,17H,9,18H2,1-2H3. The Labute approximate surface area is 119 Å². The monoisotopic (exact) mass is 269 g/mol. The lowest BCUT2D eigenvalue weighted by molar-refractivity contribution is 0.353. The smallest absolute Gasteiger partial charge is 0.161 e. The zero-order chi connectivity index (χ0) is 14.1. The first-order valence-electron chi connectivity index (χ1n) is 6.80. The largest absolute Gasteiger partial charge is 0.493 e. The molecule has 1 aliphatic carbocycles. The van der Waals surface area contributed by atoms with Crippen LogP contribution in [0.4, 0.5) is 0 Å². The molecule has 2 N–H and O–H groups in total. The maximum Gasteiger partial charge on any atom is 0.161 e. The second-order valence-corrected chi connectivity index (χ2v) is 5.15. The van der Waals surface area contributed by atoms with Gasteiger partial charge in [-0.2, -0.15) is 0 Å². The van der Waals surface area contributed by atoms with Gasteiger partial charge < -0.3 is 15.2 Å². The van der Waals surface area contributed by atoms with Crippen molar-refractivity contribution < 1.29 is 9.47 Å². The molecule has 0 fully saturated rings. The van der Waals surface area contributed by atoms with Crippen molar-refractivity contribution in [3.05, 3.63) is 59.2 Å². The number of ether oxygens (including phenoxy) is 2. The predicted octanol–water partition coefficient (Wildman–Crippen LogP) is 3.04. The minimum Gasteiger partial charge on any atom is -0.493 e. The van der Waals surface area contributed by atoms with Gasteiger partial charge in [0.05, 0.1) is 14.2 Å². The van der Waals surface area contributed by atoms with E-state index in [1.54, 1.807) is 14.2 Å². The summed E-state index contributed by atoms with van der Waals surface area (Å²) in [6.45, 7) is 0. The molecule has 3 heteroatoms. The SMILES string of the molecule is COc1ccc(C(N)C2Cc3ccccc32)cc1OC. The summed E-state index contributed by atoms with van der Waals surface area (Å²) in [7, 11) is 3.28. The molecular weight excluding hydrogens is 250 g/mol. The predicted molar refractivity (Wildman–Crippen MR) is 79.4 cm³/mol. The van der Waals surface area contributed by atoms with Gasteiger partial charge in [0.1, 0.15) is 0 Å². The fraction of sp³-hybridized carbons (Fsp3) is 0.294. The van der Waals surface area contributed by atoms with Crippen molar-refractivity contribution in [2.75, 3.05) is 14.2 Å². The molecule has 2 atom stereocenters. The Morgan fingerprint density at radius 2 is 1.80 bits per heavy atom. The minimum absolute atomic E-state index is 0.00953. The molecule has 0 heterocycles. The lowest BCUT2D eigenvalue weighted by Crippen LogP contribution is -2.28. The molecule has 0 saturated carbocycles. The summed E-state index contributed by atoms with van der Waals surface area (Å²) < 4.78 is 10.6. The molecule has 0 saturated heterocycles. The van der Waals surface area contributed by atoms with Crippen LogP contribution in [-0.2, 0) is 6.42 Å². The van der Waals surface area contributed by atoms with E-state index in [0.29, 0.717) is 5.92 Å². The van der Waals surface area contributed by atoms with Crippen LogP contribution in [0.2, 0.25) is 0 Å². The Balaban J connectivity index is 1.87. The van der Waals surface area contributed by atoms with Crippen molar-refractivity contribution in [2.45, 2.75) is 18.4 Å². The molecule has 0 spiro atoms. The maximum atomic E-state index is 6.43. The minimum atomic E-state index is -0.00953. The van der Waals surface area contributed by atoms with Gasteiger partial charge in [-0.25, -0.2) is 0 Å². The van der Waals surface area contributed by atoms with Gasteiger partial charge in [0.15, 0.2) is 11.5 Å². The highest BCUT2D eigenvalue weighted by atomic mass is 16.5. The molecule has 2 aromatic rings. The molecule has 0 aromatic heterocycles. The third-order valence-electron chi connectivity index (χ3n) is 4.12. The van der Waals surface area contributed by atoms with E-state index in [9.17, 15) is 0 Å². The molecule has 3 rings (SSSR count). The van der Waals surface area contributed by atoms with Crippen molar-refractivity contribution in [3.63, 3.8) is 0 Å². The average Bonchev–Trinajstić information content (AvgIpc) is 2.47. The fourth-order valence-corrected chi connectivity index (χ4v) is 2.91. The van der Waals surface area contributed by atoms with Crippen LogP contribution in [-0.4, -0.2) is 14.2 Å². The highest BCUT2D eigenvalue weighted by Crippen LogP contribution is 2.43. The third kappa shape index (κ3) is 2.04. The molecule has 0 radical (unpaired) electrons. The van der Waals surface area contributed by atoms with Gasteiger partial charge in [0.2, 0.25) is 0 Å². The van der Waals surface area contributed by atoms with E-state index in [1.165, 1.54) is 11.1 Å². The highest BCUT2D eigenvalue weighted by Gasteiger charge is 2.31. The third-order valence-corrected chi connectivity index (χ3v) is 4.12. The lowest BCUT2D eigenvalue weighted by Gasteiger charge is -2.35. The highest BCUT2D eigenvalue weighted by molar-refractivity contribution is 5.47. The number of hydrogen-bond acceptors (Lipinski definition) is 3. The Bertz CT molecular complexity index is 624. The van der Waals surface area contributed by atoms with Gasteiger partial charge >= 0.3 is 0 Å². The van der Waals surface area contributed by atoms with E-state index in [1.807, 2.05) is 18.2 Å². The Morgan fingerprint density at radius 1 is 1.05 bits per heavy atom. The number of nitrogens with two attached hydrogens (primary N) is 1. The van der Waals surface area contributed by atoms with Crippen molar-refractivity contribution >= 4 is 0 Å². The van der Waals surface area contributed by atoms with Crippen molar-refractivity contribution in [1.29, 1.82) is 0 Å². The van der Waals surface area contributed by atoms with Gasteiger partial charge in [-0.3, -0.25) is 0 Å². The summed E-state index contributed by atoms with van der Waals surface area (Å²) in [6, 6.07) is 14.4. The second kappa shape index (κ2) is 5.17. The van der Waals surface area contributed by atoms with Crippen LogP contribution >= 0.6 is 0 Å². The Morgan fingerprint density at radius 3 is 2.50 bits per heavy atom. The molecule has 2 aromatic carbocycles. The summed E-state index contributed by atoms with van der Waals surface area (Å²) in [5.41, 5.74) is 10.3. The van der Waals surface area contributed by atoms with Crippen LogP contribution in [0.1, 0.15) is 28.7 Å². The maximum absolute atomic E-state index is 6.43. The van der Waals surface area contributed by atoms with Gasteiger partial charge in [0, 0.05) is 12.0 Å². The molecule has 0 amide bonds. The zero-order valence-corrected chi connectivity index (χ0v) is 11.8. The number of benzene rings is 2. The summed E-state index contributed by atoms with van der Waals surface area (Å²) in [5.74, 6) is 1.86. The van der Waals surface area contributed by atoms with E-state index >= 15 is 0 Å². The molecule has 3 nitrogen and oxygen atoms in total. The van der Waals surface area contributed by atoms with Gasteiger partial charge in [-0.1, -0.05) is 30.3 Å². The van der Waals surface area contributed by atoms with Crippen LogP contribution in [0.3, 0.4) is 0 Å². The Kier molecular flexibility index (Phi) is 3.36. The van der Waals surface area contributed by atoms with Crippen LogP contribution < -0.4 is 15.2 Å². The van der Waals surface area contributed by atoms with Crippen LogP contribution in [0.5, 0.6) is 11.5 Å². The van der Waals surface area contributed by atoms with Gasteiger partial charge in [-0.15, -0.1) is 0 Å². The molecule has 0 bridgehead atoms. The van der Waals surface area contributed by atoms with Crippen LogP contribution in [0.25, 0.3) is 0 Å². The molecule has 1 aliphatic rings. The van der Waals surface area contributed by atoms with E-state index in [2.05, 4.69) is 24.3 Å². The van der Waals surface area contributed by atoms with E-state index in [4.69, 9.17) is 15.2 Å². The summed E-state index contributed by atoms with van der Waals surface area (Å²) >= 11 is 0. The molecule has 2 unspecified atom stereocenters. The number of rotatable bonds is 4. The lowest BCUT2D eigenvalue weighted by atomic mass is 9.72. The van der Waals surface area contributed by atoms with Crippen molar-refractivity contribution in [2.24, 2.45) is 5.73 Å². The first-order valence-corrected chi connectivity index (χ1v) is 6.80. The number of hydrogen-bond donors (Lipinski definition) is 1.